The number of ether oxygens (including phenoxy) is 1. The maximum Gasteiger partial charge on any atom is 0.410 e. The second-order valence-electron chi connectivity index (χ2n) is 10.0. The Morgan fingerprint density at radius 1 is 1.19 bits per heavy atom. The zero-order valence-electron chi connectivity index (χ0n) is 19.1. The summed E-state index contributed by atoms with van der Waals surface area (Å²) in [6.07, 6.45) is 8.46. The quantitative estimate of drug-likeness (QED) is 0.687. The maximum atomic E-state index is 13.1. The molecule has 0 spiro atoms. The first-order valence-electron chi connectivity index (χ1n) is 12.1. The third kappa shape index (κ3) is 5.07. The average molecular weight is 462 g/mol. The Morgan fingerprint density at radius 2 is 1.84 bits per heavy atom. The molecule has 1 saturated carbocycles. The monoisotopic (exact) mass is 461 g/mol. The highest BCUT2D eigenvalue weighted by molar-refractivity contribution is 6.30. The number of benzene rings is 1. The summed E-state index contributed by atoms with van der Waals surface area (Å²) in [5, 5.41) is 0.680. The van der Waals surface area contributed by atoms with E-state index in [1.165, 1.54) is 32.1 Å². The van der Waals surface area contributed by atoms with Gasteiger partial charge in [0.1, 0.15) is 6.61 Å². The number of piperidine rings is 1. The number of hydrogen-bond donors (Lipinski definition) is 1. The normalized spacial score (nSPS) is 25.0. The second kappa shape index (κ2) is 10.0. The third-order valence-electron chi connectivity index (χ3n) is 7.93. The van der Waals surface area contributed by atoms with Gasteiger partial charge in [0.05, 0.1) is 12.1 Å². The van der Waals surface area contributed by atoms with E-state index in [0.717, 1.165) is 24.9 Å². The molecule has 2 unspecified atom stereocenters. The van der Waals surface area contributed by atoms with Gasteiger partial charge in [-0.1, -0.05) is 43.0 Å². The van der Waals surface area contributed by atoms with Crippen LogP contribution >= 0.6 is 11.6 Å². The molecule has 3 fully saturated rings. The Bertz CT molecular complexity index is 801. The number of carbonyl (C=O) groups is 2. The van der Waals surface area contributed by atoms with Gasteiger partial charge in [-0.15, -0.1) is 0 Å². The van der Waals surface area contributed by atoms with Crippen LogP contribution in [0.3, 0.4) is 0 Å². The summed E-state index contributed by atoms with van der Waals surface area (Å²) in [7, 11) is 0. The molecule has 0 aromatic heterocycles. The van der Waals surface area contributed by atoms with Gasteiger partial charge in [-0.05, 0) is 68.1 Å². The molecule has 2 N–H and O–H groups in total. The first-order chi connectivity index (χ1) is 15.4. The minimum Gasteiger partial charge on any atom is -0.447 e. The summed E-state index contributed by atoms with van der Waals surface area (Å²) >= 11 is 5.96. The van der Waals surface area contributed by atoms with E-state index in [1.54, 1.807) is 0 Å². The molecule has 0 radical (unpaired) electrons. The Labute approximate surface area is 196 Å². The van der Waals surface area contributed by atoms with E-state index in [1.807, 2.05) is 34.1 Å². The van der Waals surface area contributed by atoms with Gasteiger partial charge in [0.2, 0.25) is 5.91 Å². The lowest BCUT2D eigenvalue weighted by Gasteiger charge is -2.50. The van der Waals surface area contributed by atoms with Crippen LogP contribution in [0.15, 0.2) is 24.3 Å². The molecule has 2 amide bonds. The number of nitrogens with two attached hydrogens (primary N) is 1. The van der Waals surface area contributed by atoms with Crippen molar-refractivity contribution in [3.63, 3.8) is 0 Å². The van der Waals surface area contributed by atoms with E-state index in [2.05, 4.69) is 6.92 Å². The van der Waals surface area contributed by atoms with Crippen molar-refractivity contribution in [1.29, 1.82) is 0 Å². The predicted octanol–water partition coefficient (Wildman–Crippen LogP) is 4.24. The summed E-state index contributed by atoms with van der Waals surface area (Å²) < 4.78 is 5.30. The molecule has 6 nitrogen and oxygen atoms in total. The Balaban J connectivity index is 1.41. The number of halogens is 1. The Hall–Kier alpha value is -1.79. The minimum atomic E-state index is -0.549. The van der Waals surface area contributed by atoms with Crippen LogP contribution in [0.4, 0.5) is 4.79 Å². The van der Waals surface area contributed by atoms with Crippen LogP contribution in [0.2, 0.25) is 5.02 Å². The van der Waals surface area contributed by atoms with E-state index in [4.69, 9.17) is 22.1 Å². The van der Waals surface area contributed by atoms with Crippen LogP contribution in [0.1, 0.15) is 57.4 Å². The van der Waals surface area contributed by atoms with Crippen LogP contribution in [-0.4, -0.2) is 60.1 Å². The van der Waals surface area contributed by atoms with Gasteiger partial charge in [0.15, 0.2) is 0 Å². The van der Waals surface area contributed by atoms with Gasteiger partial charge in [-0.3, -0.25) is 4.79 Å². The van der Waals surface area contributed by atoms with Crippen LogP contribution in [0.5, 0.6) is 0 Å². The second-order valence-corrected chi connectivity index (χ2v) is 10.4. The zero-order valence-corrected chi connectivity index (χ0v) is 19.9. The molecule has 2 saturated heterocycles. The lowest BCUT2D eigenvalue weighted by molar-refractivity contribution is -0.136. The topological polar surface area (TPSA) is 75.9 Å². The molecule has 176 valence electrons. The van der Waals surface area contributed by atoms with Crippen LogP contribution in [0, 0.1) is 11.3 Å². The van der Waals surface area contributed by atoms with E-state index >= 15 is 0 Å². The lowest BCUT2D eigenvalue weighted by Crippen LogP contribution is -2.55. The fraction of sp³-hybridized carbons (Fsp3) is 0.680. The number of cyclic esters (lactones) is 1. The van der Waals surface area contributed by atoms with Crippen LogP contribution in [0.25, 0.3) is 0 Å². The fourth-order valence-corrected chi connectivity index (χ4v) is 6.01. The molecule has 2 heterocycles. The largest absolute Gasteiger partial charge is 0.447 e. The highest BCUT2D eigenvalue weighted by Gasteiger charge is 2.46. The first kappa shape index (κ1) is 23.4. The van der Waals surface area contributed by atoms with Crippen molar-refractivity contribution >= 4 is 23.6 Å². The SMILES string of the molecule is CC1COC(=O)N1CC1(C2CCCCC2)CCN(C(=O)C(N)Cc2ccc(Cl)cc2)CC1. The average Bonchev–Trinajstić information content (AvgIpc) is 3.13. The van der Waals surface area contributed by atoms with Crippen molar-refractivity contribution in [3.05, 3.63) is 34.9 Å². The molecule has 1 aromatic carbocycles. The number of nitrogens with zero attached hydrogens (tertiary/aromatic N) is 2. The molecule has 7 heteroatoms. The van der Waals surface area contributed by atoms with E-state index in [-0.39, 0.29) is 23.5 Å². The Morgan fingerprint density at radius 3 is 2.44 bits per heavy atom. The van der Waals surface area contributed by atoms with Crippen molar-refractivity contribution in [2.45, 2.75) is 70.4 Å². The number of likely N-dealkylation sites (tertiary alicyclic amines) is 1. The molecule has 3 aliphatic rings. The number of hydrogen-bond acceptors (Lipinski definition) is 4. The summed E-state index contributed by atoms with van der Waals surface area (Å²) in [4.78, 5) is 29.3. The summed E-state index contributed by atoms with van der Waals surface area (Å²) in [5.41, 5.74) is 7.39. The van der Waals surface area contributed by atoms with Crippen LogP contribution < -0.4 is 5.73 Å². The molecular weight excluding hydrogens is 426 g/mol. The minimum absolute atomic E-state index is 0.0196. The summed E-state index contributed by atoms with van der Waals surface area (Å²) in [6.45, 7) is 4.70. The zero-order chi connectivity index (χ0) is 22.7. The van der Waals surface area contributed by atoms with Gasteiger partial charge in [0, 0.05) is 24.7 Å². The smallest absolute Gasteiger partial charge is 0.410 e. The summed E-state index contributed by atoms with van der Waals surface area (Å²) in [6, 6.07) is 7.09. The molecule has 32 heavy (non-hydrogen) atoms. The van der Waals surface area contributed by atoms with Gasteiger partial charge in [-0.25, -0.2) is 4.79 Å². The van der Waals surface area contributed by atoms with E-state index in [0.29, 0.717) is 37.1 Å². The molecular formula is C25H36ClN3O3. The third-order valence-corrected chi connectivity index (χ3v) is 8.18. The summed E-state index contributed by atoms with van der Waals surface area (Å²) in [5.74, 6) is 0.628. The predicted molar refractivity (Wildman–Crippen MR) is 125 cm³/mol. The van der Waals surface area contributed by atoms with Crippen molar-refractivity contribution in [3.8, 4) is 0 Å². The highest BCUT2D eigenvalue weighted by Crippen LogP contribution is 2.47. The fourth-order valence-electron chi connectivity index (χ4n) is 5.88. The van der Waals surface area contributed by atoms with Crippen molar-refractivity contribution in [1.82, 2.24) is 9.80 Å². The molecule has 1 aromatic rings. The van der Waals surface area contributed by atoms with Crippen molar-refractivity contribution in [2.75, 3.05) is 26.2 Å². The number of rotatable bonds is 6. The first-order valence-corrected chi connectivity index (χ1v) is 12.5. The molecule has 1 aliphatic carbocycles. The van der Waals surface area contributed by atoms with Crippen LogP contribution in [-0.2, 0) is 16.0 Å². The van der Waals surface area contributed by atoms with Crippen molar-refractivity contribution < 1.29 is 14.3 Å². The molecule has 2 atom stereocenters. The van der Waals surface area contributed by atoms with Gasteiger partial charge in [-0.2, -0.15) is 0 Å². The van der Waals surface area contributed by atoms with Crippen molar-refractivity contribution in [2.24, 2.45) is 17.1 Å². The van der Waals surface area contributed by atoms with E-state index < -0.39 is 6.04 Å². The maximum absolute atomic E-state index is 13.1. The molecule has 0 bridgehead atoms. The van der Waals surface area contributed by atoms with Gasteiger partial charge < -0.3 is 20.3 Å². The molecule has 4 rings (SSSR count). The van der Waals surface area contributed by atoms with Gasteiger partial charge in [0.25, 0.3) is 0 Å². The number of carbonyl (C=O) groups excluding carboxylic acids is 2. The highest BCUT2D eigenvalue weighted by atomic mass is 35.5. The standard InChI is InChI=1S/C25H36ClN3O3/c1-18-16-32-24(31)29(18)17-25(20-5-3-2-4-6-20)11-13-28(14-12-25)23(30)22(27)15-19-7-9-21(26)10-8-19/h7-10,18,20,22H,2-6,11-17,27H2,1H3. The van der Waals surface area contributed by atoms with Gasteiger partial charge >= 0.3 is 6.09 Å². The lowest BCUT2D eigenvalue weighted by atomic mass is 9.63. The van der Waals surface area contributed by atoms with E-state index in [9.17, 15) is 9.59 Å². The molecule has 2 aliphatic heterocycles. The Kier molecular flexibility index (Phi) is 7.30. The number of amides is 2.